The second-order valence-corrected chi connectivity index (χ2v) is 10.0. The average Bonchev–Trinajstić information content (AvgIpc) is 3.16. The molecule has 1 N–H and O–H groups in total. The molecular formula is C40H25N5O4. The Morgan fingerprint density at radius 2 is 0.898 bits per heavy atom. The highest BCUT2D eigenvalue weighted by atomic mass is 16.6. The van der Waals surface area contributed by atoms with Crippen LogP contribution in [0.4, 0.5) is 5.69 Å². The molecule has 0 radical (unpaired) electrons. The monoisotopic (exact) mass is 639 g/mol. The van der Waals surface area contributed by atoms with Gasteiger partial charge in [-0.1, -0.05) is 84.9 Å². The largest absolute Gasteiger partial charge is 0.508 e. The molecule has 0 aliphatic carbocycles. The van der Waals surface area contributed by atoms with Crippen LogP contribution in [0, 0.1) is 55.4 Å². The molecule has 6 aromatic rings. The molecule has 0 amide bonds. The molecule has 0 aliphatic rings. The highest BCUT2D eigenvalue weighted by molar-refractivity contribution is 5.65. The Kier molecular flexibility index (Phi) is 11.9. The van der Waals surface area contributed by atoms with E-state index in [4.69, 9.17) is 30.9 Å². The molecule has 9 heteroatoms. The van der Waals surface area contributed by atoms with Gasteiger partial charge in [0.05, 0.1) is 27.2 Å². The van der Waals surface area contributed by atoms with Crippen molar-refractivity contribution in [2.75, 3.05) is 0 Å². The van der Waals surface area contributed by atoms with Gasteiger partial charge >= 0.3 is 0 Å². The zero-order valence-electron chi connectivity index (χ0n) is 25.8. The number of aromatic hydroxyl groups is 1. The van der Waals surface area contributed by atoms with Gasteiger partial charge in [0.2, 0.25) is 0 Å². The number of phenols is 1. The predicted octanol–water partition coefficient (Wildman–Crippen LogP) is 9.29. The summed E-state index contributed by atoms with van der Waals surface area (Å²) in [5, 5.41) is 54.4. The molecule has 0 saturated carbocycles. The van der Waals surface area contributed by atoms with E-state index in [1.807, 2.05) is 97.1 Å². The van der Waals surface area contributed by atoms with E-state index in [-0.39, 0.29) is 16.8 Å². The lowest BCUT2D eigenvalue weighted by atomic mass is 10.1. The summed E-state index contributed by atoms with van der Waals surface area (Å²) < 4.78 is 5.75. The summed E-state index contributed by atoms with van der Waals surface area (Å²) in [5.41, 5.74) is 5.19. The van der Waals surface area contributed by atoms with Crippen LogP contribution >= 0.6 is 0 Å². The van der Waals surface area contributed by atoms with Crippen molar-refractivity contribution in [2.45, 2.75) is 0 Å². The maximum absolute atomic E-state index is 10.3. The Bertz CT molecular complexity index is 2210. The Labute approximate surface area is 282 Å². The Balaban J connectivity index is 0.000000178. The molecule has 0 aromatic heterocycles. The highest BCUT2D eigenvalue weighted by Gasteiger charge is 2.09. The molecule has 0 fully saturated rings. The lowest BCUT2D eigenvalue weighted by Gasteiger charge is -2.08. The molecule has 0 aliphatic heterocycles. The van der Waals surface area contributed by atoms with Crippen LogP contribution < -0.4 is 4.74 Å². The van der Waals surface area contributed by atoms with Crippen molar-refractivity contribution in [2.24, 2.45) is 0 Å². The van der Waals surface area contributed by atoms with Gasteiger partial charge in [0.25, 0.3) is 5.69 Å². The standard InChI is InChI=1S/C20H12N2O.C12H10O.C8H3N3O2/c21-13-17-8-11-20(12-18(17)14-22)23-19-9-6-16(7-10-19)15-4-2-1-3-5-15;13-12-8-6-11(7-9-12)10-4-2-1-3-5-10;9-4-6-1-2-8(11(12)13)3-7(6)5-10/h1-12H;1-9,13H;1-3H. The smallest absolute Gasteiger partial charge is 0.270 e. The first-order chi connectivity index (χ1) is 23.8. The molecule has 6 rings (SSSR count). The zero-order chi connectivity index (χ0) is 35.0. The van der Waals surface area contributed by atoms with Crippen molar-refractivity contribution in [3.05, 3.63) is 178 Å². The number of hydrogen-bond acceptors (Lipinski definition) is 8. The van der Waals surface area contributed by atoms with Crippen LogP contribution in [0.1, 0.15) is 22.3 Å². The van der Waals surface area contributed by atoms with E-state index in [1.165, 1.54) is 17.7 Å². The minimum Gasteiger partial charge on any atom is -0.508 e. The molecule has 0 bridgehead atoms. The fraction of sp³-hybridized carbons (Fsp3) is 0. The van der Waals surface area contributed by atoms with Gasteiger partial charge in [0.15, 0.2) is 0 Å². The number of nitro groups is 1. The lowest BCUT2D eigenvalue weighted by Crippen LogP contribution is -1.90. The van der Waals surface area contributed by atoms with E-state index < -0.39 is 4.92 Å². The number of nitriles is 4. The van der Waals surface area contributed by atoms with E-state index in [0.717, 1.165) is 22.8 Å². The van der Waals surface area contributed by atoms with Crippen LogP contribution in [0.2, 0.25) is 0 Å². The van der Waals surface area contributed by atoms with Gasteiger partial charge in [0.1, 0.15) is 41.5 Å². The first-order valence-electron chi connectivity index (χ1n) is 14.6. The Morgan fingerprint density at radius 1 is 0.490 bits per heavy atom. The highest BCUT2D eigenvalue weighted by Crippen LogP contribution is 2.27. The molecule has 0 atom stereocenters. The second-order valence-electron chi connectivity index (χ2n) is 10.0. The van der Waals surface area contributed by atoms with E-state index in [2.05, 4.69) is 12.1 Å². The number of ether oxygens (including phenoxy) is 1. The first-order valence-corrected chi connectivity index (χ1v) is 14.6. The van der Waals surface area contributed by atoms with Crippen LogP contribution in [-0.4, -0.2) is 10.0 Å². The molecule has 234 valence electrons. The molecule has 6 aromatic carbocycles. The summed E-state index contributed by atoms with van der Waals surface area (Å²) in [6.07, 6.45) is 0. The SMILES string of the molecule is N#Cc1ccc(Oc2ccc(-c3ccccc3)cc2)cc1C#N.N#Cc1ccc([N+](=O)[O-])cc1C#N.Oc1ccc(-c2ccccc2)cc1. The lowest BCUT2D eigenvalue weighted by molar-refractivity contribution is -0.384. The fourth-order valence-electron chi connectivity index (χ4n) is 4.38. The van der Waals surface area contributed by atoms with Crippen molar-refractivity contribution >= 4 is 5.69 Å². The van der Waals surface area contributed by atoms with E-state index in [9.17, 15) is 10.1 Å². The molecule has 9 nitrogen and oxygen atoms in total. The van der Waals surface area contributed by atoms with E-state index in [0.29, 0.717) is 28.4 Å². The molecule has 0 unspecified atom stereocenters. The predicted molar refractivity (Wildman–Crippen MR) is 184 cm³/mol. The molecule has 0 heterocycles. The number of nitro benzene ring substituents is 1. The van der Waals surface area contributed by atoms with Gasteiger partial charge in [-0.3, -0.25) is 10.1 Å². The number of benzene rings is 6. The van der Waals surface area contributed by atoms with Gasteiger partial charge in [-0.2, -0.15) is 21.0 Å². The third-order valence-corrected chi connectivity index (χ3v) is 6.86. The molecule has 49 heavy (non-hydrogen) atoms. The van der Waals surface area contributed by atoms with Crippen molar-refractivity contribution in [1.82, 2.24) is 0 Å². The van der Waals surface area contributed by atoms with Gasteiger partial charge in [-0.15, -0.1) is 0 Å². The van der Waals surface area contributed by atoms with E-state index in [1.54, 1.807) is 42.5 Å². The minimum absolute atomic E-state index is 0.0247. The van der Waals surface area contributed by atoms with Crippen LogP contribution in [0.15, 0.2) is 146 Å². The maximum atomic E-state index is 10.3. The molecule has 0 saturated heterocycles. The fourth-order valence-corrected chi connectivity index (χ4v) is 4.38. The van der Waals surface area contributed by atoms with Crippen molar-refractivity contribution in [3.8, 4) is 63.8 Å². The number of non-ortho nitro benzene ring substituents is 1. The first kappa shape index (κ1) is 34.2. The minimum atomic E-state index is -0.609. The number of phenolic OH excluding ortho intramolecular Hbond substituents is 1. The van der Waals surface area contributed by atoms with E-state index >= 15 is 0 Å². The van der Waals surface area contributed by atoms with Crippen molar-refractivity contribution in [1.29, 1.82) is 21.0 Å². The maximum Gasteiger partial charge on any atom is 0.270 e. The van der Waals surface area contributed by atoms with Crippen LogP contribution in [0.3, 0.4) is 0 Å². The summed E-state index contributed by atoms with van der Waals surface area (Å²) in [7, 11) is 0. The van der Waals surface area contributed by atoms with Gasteiger partial charge in [0, 0.05) is 12.1 Å². The second kappa shape index (κ2) is 17.1. The van der Waals surface area contributed by atoms with Crippen LogP contribution in [0.5, 0.6) is 17.2 Å². The average molecular weight is 640 g/mol. The topological polar surface area (TPSA) is 168 Å². The van der Waals surface area contributed by atoms with Crippen LogP contribution in [-0.2, 0) is 0 Å². The summed E-state index contributed by atoms with van der Waals surface area (Å²) in [5.74, 6) is 1.52. The Morgan fingerprint density at radius 3 is 1.37 bits per heavy atom. The van der Waals surface area contributed by atoms with Crippen molar-refractivity contribution < 1.29 is 14.8 Å². The van der Waals surface area contributed by atoms with Crippen LogP contribution in [0.25, 0.3) is 22.3 Å². The third kappa shape index (κ3) is 9.63. The van der Waals surface area contributed by atoms with Crippen molar-refractivity contribution in [3.63, 3.8) is 0 Å². The normalized spacial score (nSPS) is 9.39. The molecule has 0 spiro atoms. The molecular weight excluding hydrogens is 614 g/mol. The number of nitrogens with zero attached hydrogens (tertiary/aromatic N) is 5. The van der Waals surface area contributed by atoms with Gasteiger partial charge in [-0.05, 0) is 70.8 Å². The third-order valence-electron chi connectivity index (χ3n) is 6.86. The van der Waals surface area contributed by atoms with Gasteiger partial charge < -0.3 is 9.84 Å². The number of rotatable bonds is 5. The zero-order valence-corrected chi connectivity index (χ0v) is 25.8. The summed E-state index contributed by atoms with van der Waals surface area (Å²) >= 11 is 0. The quantitative estimate of drug-likeness (QED) is 0.144. The Hall–Kier alpha value is -7.72. The summed E-state index contributed by atoms with van der Waals surface area (Å²) in [6, 6.07) is 51.0. The van der Waals surface area contributed by atoms with Gasteiger partial charge in [-0.25, -0.2) is 0 Å². The summed E-state index contributed by atoms with van der Waals surface area (Å²) in [4.78, 5) is 9.67. The summed E-state index contributed by atoms with van der Waals surface area (Å²) in [6.45, 7) is 0. The number of hydrogen-bond donors (Lipinski definition) is 1.